The van der Waals surface area contributed by atoms with Crippen molar-refractivity contribution in [1.29, 1.82) is 0 Å². The lowest BCUT2D eigenvalue weighted by Crippen LogP contribution is -2.23. The van der Waals surface area contributed by atoms with Crippen molar-refractivity contribution < 1.29 is 9.52 Å². The zero-order valence-corrected chi connectivity index (χ0v) is 7.37. The van der Waals surface area contributed by atoms with Gasteiger partial charge in [-0.15, -0.1) is 0 Å². The fraction of sp³-hybridized carbons (Fsp3) is 0.625. The predicted molar refractivity (Wildman–Crippen MR) is 44.6 cm³/mol. The third-order valence-electron chi connectivity index (χ3n) is 1.39. The summed E-state index contributed by atoms with van der Waals surface area (Å²) in [5.74, 6) is 1.47. The third kappa shape index (κ3) is 3.02. The first-order valence-corrected chi connectivity index (χ1v) is 3.98. The molecule has 2 N–H and O–H groups in total. The molecule has 4 nitrogen and oxygen atoms in total. The Kier molecular flexibility index (Phi) is 3.25. The molecule has 1 aromatic heterocycles. The maximum absolute atomic E-state index is 8.92. The van der Waals surface area contributed by atoms with E-state index in [2.05, 4.69) is 10.3 Å². The van der Waals surface area contributed by atoms with Crippen molar-refractivity contribution >= 4 is 0 Å². The largest absolute Gasteiger partial charge is 0.445 e. The van der Waals surface area contributed by atoms with Crippen LogP contribution >= 0.6 is 0 Å². The smallest absolute Gasteiger partial charge is 0.208 e. The van der Waals surface area contributed by atoms with Gasteiger partial charge in [0.05, 0.1) is 18.8 Å². The van der Waals surface area contributed by atoms with Crippen LogP contribution in [-0.2, 0) is 6.54 Å². The Bertz CT molecular complexity index is 233. The fourth-order valence-electron chi connectivity index (χ4n) is 0.871. The summed E-state index contributed by atoms with van der Waals surface area (Å²) in [6, 6.07) is 0. The summed E-state index contributed by atoms with van der Waals surface area (Å²) >= 11 is 0. The first-order valence-electron chi connectivity index (χ1n) is 3.98. The molecule has 4 heteroatoms. The molecule has 1 aromatic rings. The quantitative estimate of drug-likeness (QED) is 0.689. The van der Waals surface area contributed by atoms with Gasteiger partial charge in [-0.05, 0) is 13.8 Å². The van der Waals surface area contributed by atoms with Crippen molar-refractivity contribution in [3.63, 3.8) is 0 Å². The van der Waals surface area contributed by atoms with Gasteiger partial charge in [-0.3, -0.25) is 0 Å². The Morgan fingerprint density at radius 3 is 3.00 bits per heavy atom. The highest BCUT2D eigenvalue weighted by Crippen LogP contribution is 2.00. The van der Waals surface area contributed by atoms with Crippen molar-refractivity contribution in [3.8, 4) is 0 Å². The van der Waals surface area contributed by atoms with E-state index >= 15 is 0 Å². The zero-order valence-electron chi connectivity index (χ0n) is 7.37. The Labute approximate surface area is 71.6 Å². The van der Waals surface area contributed by atoms with Crippen molar-refractivity contribution in [3.05, 3.63) is 17.8 Å². The topological polar surface area (TPSA) is 58.3 Å². The van der Waals surface area contributed by atoms with Crippen LogP contribution in [0.3, 0.4) is 0 Å². The number of aliphatic hydroxyl groups excluding tert-OH is 1. The number of aromatic nitrogens is 1. The SMILES string of the molecule is Cc1cnc(CNCC(C)O)o1. The molecule has 0 aliphatic carbocycles. The molecule has 0 aliphatic heterocycles. The van der Waals surface area contributed by atoms with Gasteiger partial charge in [-0.2, -0.15) is 0 Å². The van der Waals surface area contributed by atoms with Gasteiger partial charge >= 0.3 is 0 Å². The predicted octanol–water partition coefficient (Wildman–Crippen LogP) is 0.453. The van der Waals surface area contributed by atoms with Crippen molar-refractivity contribution in [1.82, 2.24) is 10.3 Å². The van der Waals surface area contributed by atoms with Gasteiger partial charge in [-0.25, -0.2) is 4.98 Å². The second-order valence-corrected chi connectivity index (χ2v) is 2.84. The molecule has 0 radical (unpaired) electrons. The highest BCUT2D eigenvalue weighted by atomic mass is 16.4. The van der Waals surface area contributed by atoms with Crippen LogP contribution in [0.1, 0.15) is 18.6 Å². The Morgan fingerprint density at radius 1 is 1.75 bits per heavy atom. The minimum Gasteiger partial charge on any atom is -0.445 e. The van der Waals surface area contributed by atoms with Crippen molar-refractivity contribution in [2.75, 3.05) is 6.54 Å². The summed E-state index contributed by atoms with van der Waals surface area (Å²) in [6.07, 6.45) is 1.35. The van der Waals surface area contributed by atoms with E-state index in [1.54, 1.807) is 13.1 Å². The molecule has 1 heterocycles. The lowest BCUT2D eigenvalue weighted by molar-refractivity contribution is 0.189. The molecule has 1 unspecified atom stereocenters. The van der Waals surface area contributed by atoms with E-state index in [0.29, 0.717) is 19.0 Å². The first-order chi connectivity index (χ1) is 5.68. The Morgan fingerprint density at radius 2 is 2.50 bits per heavy atom. The standard InChI is InChI=1S/C8H14N2O2/c1-6(11)3-9-5-8-10-4-7(2)12-8/h4,6,9,11H,3,5H2,1-2H3. The molecule has 0 spiro atoms. The van der Waals surface area contributed by atoms with E-state index in [1.807, 2.05) is 6.92 Å². The molecule has 0 aliphatic rings. The minimum absolute atomic E-state index is 0.332. The highest BCUT2D eigenvalue weighted by molar-refractivity contribution is 4.90. The number of hydrogen-bond acceptors (Lipinski definition) is 4. The number of oxazole rings is 1. The van der Waals surface area contributed by atoms with E-state index in [9.17, 15) is 0 Å². The van der Waals surface area contributed by atoms with E-state index in [4.69, 9.17) is 9.52 Å². The molecule has 1 atom stereocenters. The number of aryl methyl sites for hydroxylation is 1. The van der Waals surface area contributed by atoms with E-state index in [1.165, 1.54) is 0 Å². The molecule has 0 amide bonds. The monoisotopic (exact) mass is 170 g/mol. The number of nitrogens with zero attached hydrogens (tertiary/aromatic N) is 1. The Balaban J connectivity index is 2.24. The van der Waals surface area contributed by atoms with E-state index in [0.717, 1.165) is 5.76 Å². The lowest BCUT2D eigenvalue weighted by atomic mass is 10.4. The van der Waals surface area contributed by atoms with Crippen LogP contribution in [0.15, 0.2) is 10.6 Å². The zero-order chi connectivity index (χ0) is 8.97. The number of rotatable bonds is 4. The van der Waals surface area contributed by atoms with Gasteiger partial charge in [-0.1, -0.05) is 0 Å². The summed E-state index contributed by atoms with van der Waals surface area (Å²) in [7, 11) is 0. The molecular formula is C8H14N2O2. The summed E-state index contributed by atoms with van der Waals surface area (Å²) in [6.45, 7) is 4.71. The fourth-order valence-corrected chi connectivity index (χ4v) is 0.871. The van der Waals surface area contributed by atoms with Crippen LogP contribution < -0.4 is 5.32 Å². The summed E-state index contributed by atoms with van der Waals surface area (Å²) in [5, 5.41) is 11.9. The summed E-state index contributed by atoms with van der Waals surface area (Å²) in [5.41, 5.74) is 0. The van der Waals surface area contributed by atoms with E-state index < -0.39 is 0 Å². The van der Waals surface area contributed by atoms with Gasteiger partial charge in [0.2, 0.25) is 5.89 Å². The lowest BCUT2D eigenvalue weighted by Gasteiger charge is -2.03. The van der Waals surface area contributed by atoms with Gasteiger partial charge in [0.15, 0.2) is 0 Å². The summed E-state index contributed by atoms with van der Waals surface area (Å²) in [4.78, 5) is 4.00. The van der Waals surface area contributed by atoms with Crippen molar-refractivity contribution in [2.45, 2.75) is 26.5 Å². The van der Waals surface area contributed by atoms with Crippen molar-refractivity contribution in [2.24, 2.45) is 0 Å². The van der Waals surface area contributed by atoms with Crippen LogP contribution in [0.25, 0.3) is 0 Å². The van der Waals surface area contributed by atoms with Crippen LogP contribution in [0, 0.1) is 6.92 Å². The normalized spacial score (nSPS) is 13.2. The van der Waals surface area contributed by atoms with E-state index in [-0.39, 0.29) is 6.10 Å². The number of aliphatic hydroxyl groups is 1. The molecular weight excluding hydrogens is 156 g/mol. The van der Waals surface area contributed by atoms with Gasteiger partial charge in [0.25, 0.3) is 0 Å². The average molecular weight is 170 g/mol. The second-order valence-electron chi connectivity index (χ2n) is 2.84. The van der Waals surface area contributed by atoms with Crippen LogP contribution in [0.5, 0.6) is 0 Å². The van der Waals surface area contributed by atoms with Crippen LogP contribution in [0.2, 0.25) is 0 Å². The molecule has 68 valence electrons. The number of hydrogen-bond donors (Lipinski definition) is 2. The van der Waals surface area contributed by atoms with Gasteiger partial charge in [0.1, 0.15) is 5.76 Å². The van der Waals surface area contributed by atoms with Crippen LogP contribution in [0.4, 0.5) is 0 Å². The minimum atomic E-state index is -0.332. The average Bonchev–Trinajstić information content (AvgIpc) is 2.35. The second kappa shape index (κ2) is 4.23. The molecule has 1 rings (SSSR count). The molecule has 0 saturated carbocycles. The third-order valence-corrected chi connectivity index (χ3v) is 1.39. The number of nitrogens with one attached hydrogen (secondary N) is 1. The molecule has 0 aromatic carbocycles. The first kappa shape index (κ1) is 9.22. The molecule has 12 heavy (non-hydrogen) atoms. The maximum Gasteiger partial charge on any atom is 0.208 e. The van der Waals surface area contributed by atoms with Gasteiger partial charge in [0, 0.05) is 6.54 Å². The van der Waals surface area contributed by atoms with Crippen LogP contribution in [-0.4, -0.2) is 22.7 Å². The molecule has 0 saturated heterocycles. The molecule has 0 bridgehead atoms. The summed E-state index contributed by atoms with van der Waals surface area (Å²) < 4.78 is 5.21. The Hall–Kier alpha value is -0.870. The maximum atomic E-state index is 8.92. The molecule has 0 fully saturated rings. The highest BCUT2D eigenvalue weighted by Gasteiger charge is 2.00. The van der Waals surface area contributed by atoms with Gasteiger partial charge < -0.3 is 14.8 Å².